The third-order valence-corrected chi connectivity index (χ3v) is 3.94. The number of halogens is 1. The lowest BCUT2D eigenvalue weighted by atomic mass is 9.98. The number of amides is 3. The van der Waals surface area contributed by atoms with Gasteiger partial charge in [-0.15, -0.1) is 0 Å². The van der Waals surface area contributed by atoms with Crippen LogP contribution in [0.1, 0.15) is 15.9 Å². The Hall–Kier alpha value is -2.44. The molecule has 0 bridgehead atoms. The Labute approximate surface area is 126 Å². The Morgan fingerprint density at radius 1 is 1.36 bits per heavy atom. The van der Waals surface area contributed by atoms with E-state index in [0.717, 1.165) is 4.90 Å². The smallest absolute Gasteiger partial charge is 0.417 e. The van der Waals surface area contributed by atoms with Crippen LogP contribution in [0.5, 0.6) is 0 Å². The zero-order valence-corrected chi connectivity index (χ0v) is 12.0. The first-order valence-corrected chi connectivity index (χ1v) is 6.98. The SMILES string of the molecule is Cc1ccc(C(=O)N2CC(CN3C(=O)COC3=O)C2)cc1F. The highest BCUT2D eigenvalue weighted by Gasteiger charge is 2.38. The number of nitrogens with zero attached hydrogens (tertiary/aromatic N) is 2. The molecule has 0 atom stereocenters. The highest BCUT2D eigenvalue weighted by Crippen LogP contribution is 2.22. The first-order valence-electron chi connectivity index (χ1n) is 6.98. The van der Waals surface area contributed by atoms with Crippen LogP contribution in [-0.4, -0.2) is 53.9 Å². The number of likely N-dealkylation sites (tertiary alicyclic amines) is 1. The van der Waals surface area contributed by atoms with E-state index >= 15 is 0 Å². The highest BCUT2D eigenvalue weighted by atomic mass is 19.1. The normalized spacial score (nSPS) is 18.5. The van der Waals surface area contributed by atoms with Crippen molar-refractivity contribution in [2.45, 2.75) is 6.92 Å². The van der Waals surface area contributed by atoms with Crippen molar-refractivity contribution in [2.75, 3.05) is 26.2 Å². The highest BCUT2D eigenvalue weighted by molar-refractivity contribution is 5.98. The van der Waals surface area contributed by atoms with Crippen LogP contribution < -0.4 is 0 Å². The van der Waals surface area contributed by atoms with Crippen molar-refractivity contribution in [3.8, 4) is 0 Å². The maximum atomic E-state index is 13.5. The van der Waals surface area contributed by atoms with E-state index in [9.17, 15) is 18.8 Å². The molecular weight excluding hydrogens is 291 g/mol. The number of imide groups is 1. The van der Waals surface area contributed by atoms with Crippen LogP contribution in [0.4, 0.5) is 9.18 Å². The average molecular weight is 306 g/mol. The zero-order chi connectivity index (χ0) is 15.9. The third-order valence-electron chi connectivity index (χ3n) is 3.94. The first-order chi connectivity index (χ1) is 10.5. The molecule has 1 aromatic carbocycles. The van der Waals surface area contributed by atoms with Gasteiger partial charge in [-0.25, -0.2) is 14.1 Å². The molecule has 7 heteroatoms. The summed E-state index contributed by atoms with van der Waals surface area (Å²) >= 11 is 0. The molecule has 3 rings (SSSR count). The molecule has 2 aliphatic rings. The molecule has 116 valence electrons. The minimum atomic E-state index is -0.629. The van der Waals surface area contributed by atoms with Gasteiger partial charge in [-0.05, 0) is 24.6 Å². The fourth-order valence-corrected chi connectivity index (χ4v) is 2.58. The van der Waals surface area contributed by atoms with Gasteiger partial charge in [0.05, 0.1) is 0 Å². The van der Waals surface area contributed by atoms with Crippen LogP contribution in [0.15, 0.2) is 18.2 Å². The van der Waals surface area contributed by atoms with E-state index in [4.69, 9.17) is 0 Å². The molecule has 2 saturated heterocycles. The summed E-state index contributed by atoms with van der Waals surface area (Å²) in [6, 6.07) is 4.39. The second-order valence-corrected chi connectivity index (χ2v) is 5.60. The van der Waals surface area contributed by atoms with E-state index in [1.807, 2.05) is 0 Å². The Morgan fingerprint density at radius 3 is 2.68 bits per heavy atom. The average Bonchev–Trinajstić information content (AvgIpc) is 2.75. The predicted octanol–water partition coefficient (Wildman–Crippen LogP) is 1.18. The van der Waals surface area contributed by atoms with Gasteiger partial charge in [0.1, 0.15) is 5.82 Å². The van der Waals surface area contributed by atoms with E-state index in [0.29, 0.717) is 24.2 Å². The molecule has 6 nitrogen and oxygen atoms in total. The van der Waals surface area contributed by atoms with Crippen molar-refractivity contribution >= 4 is 17.9 Å². The number of carbonyl (C=O) groups is 3. The van der Waals surface area contributed by atoms with Gasteiger partial charge in [0.25, 0.3) is 11.8 Å². The van der Waals surface area contributed by atoms with E-state index < -0.39 is 11.9 Å². The van der Waals surface area contributed by atoms with Gasteiger partial charge in [-0.1, -0.05) is 6.07 Å². The van der Waals surface area contributed by atoms with Crippen LogP contribution >= 0.6 is 0 Å². The number of benzene rings is 1. The summed E-state index contributed by atoms with van der Waals surface area (Å²) in [5.74, 6) is -0.969. The summed E-state index contributed by atoms with van der Waals surface area (Å²) in [5, 5.41) is 0. The maximum Gasteiger partial charge on any atom is 0.417 e. The summed E-state index contributed by atoms with van der Waals surface area (Å²) < 4.78 is 18.1. The molecule has 1 aromatic rings. The van der Waals surface area contributed by atoms with E-state index in [-0.39, 0.29) is 30.9 Å². The molecule has 0 unspecified atom stereocenters. The summed E-state index contributed by atoms with van der Waals surface area (Å²) in [6.45, 7) is 2.55. The summed E-state index contributed by atoms with van der Waals surface area (Å²) in [6.07, 6.45) is -0.629. The van der Waals surface area contributed by atoms with Crippen LogP contribution in [-0.2, 0) is 9.53 Å². The van der Waals surface area contributed by atoms with Crippen molar-refractivity contribution < 1.29 is 23.5 Å². The van der Waals surface area contributed by atoms with Crippen LogP contribution in [0.3, 0.4) is 0 Å². The Morgan fingerprint density at radius 2 is 2.09 bits per heavy atom. The number of hydrogen-bond acceptors (Lipinski definition) is 4. The van der Waals surface area contributed by atoms with E-state index in [1.165, 1.54) is 6.07 Å². The standard InChI is InChI=1S/C15H15FN2O4/c1-9-2-3-11(4-12(9)16)14(20)17-5-10(6-17)7-18-13(19)8-22-15(18)21/h2-4,10H,5-8H2,1H3. The van der Waals surface area contributed by atoms with E-state index in [2.05, 4.69) is 4.74 Å². The van der Waals surface area contributed by atoms with Crippen molar-refractivity contribution in [3.05, 3.63) is 35.1 Å². The van der Waals surface area contributed by atoms with Crippen molar-refractivity contribution in [2.24, 2.45) is 5.92 Å². The second kappa shape index (κ2) is 5.40. The Kier molecular flexibility index (Phi) is 3.56. The van der Waals surface area contributed by atoms with Gasteiger partial charge in [0, 0.05) is 31.1 Å². The number of rotatable bonds is 3. The zero-order valence-electron chi connectivity index (χ0n) is 12.0. The molecule has 3 amide bonds. The summed E-state index contributed by atoms with van der Waals surface area (Å²) in [5.41, 5.74) is 0.794. The monoisotopic (exact) mass is 306 g/mol. The Balaban J connectivity index is 1.56. The lowest BCUT2D eigenvalue weighted by molar-refractivity contribution is -0.126. The number of hydrogen-bond donors (Lipinski definition) is 0. The number of aryl methyl sites for hydroxylation is 1. The minimum Gasteiger partial charge on any atom is -0.439 e. The van der Waals surface area contributed by atoms with Gasteiger partial charge in [0.15, 0.2) is 6.61 Å². The lowest BCUT2D eigenvalue weighted by Gasteiger charge is -2.40. The quantitative estimate of drug-likeness (QED) is 0.841. The van der Waals surface area contributed by atoms with E-state index in [1.54, 1.807) is 24.0 Å². The molecule has 2 heterocycles. The summed E-state index contributed by atoms with van der Waals surface area (Å²) in [7, 11) is 0. The predicted molar refractivity (Wildman–Crippen MR) is 73.6 cm³/mol. The fraction of sp³-hybridized carbons (Fsp3) is 0.400. The van der Waals surface area contributed by atoms with Crippen molar-refractivity contribution in [1.82, 2.24) is 9.80 Å². The van der Waals surface area contributed by atoms with Gasteiger partial charge < -0.3 is 9.64 Å². The maximum absolute atomic E-state index is 13.5. The molecule has 2 fully saturated rings. The minimum absolute atomic E-state index is 0.0360. The summed E-state index contributed by atoms with van der Waals surface area (Å²) in [4.78, 5) is 37.6. The number of carbonyl (C=O) groups excluding carboxylic acids is 3. The van der Waals surface area contributed by atoms with Crippen molar-refractivity contribution in [1.29, 1.82) is 0 Å². The van der Waals surface area contributed by atoms with Crippen LogP contribution in [0.2, 0.25) is 0 Å². The molecule has 0 aliphatic carbocycles. The number of cyclic esters (lactones) is 1. The number of ether oxygens (including phenoxy) is 1. The van der Waals surface area contributed by atoms with Gasteiger partial charge >= 0.3 is 6.09 Å². The molecule has 0 N–H and O–H groups in total. The molecule has 0 saturated carbocycles. The molecular formula is C15H15FN2O4. The van der Waals surface area contributed by atoms with Crippen molar-refractivity contribution in [3.63, 3.8) is 0 Å². The molecule has 2 aliphatic heterocycles. The Bertz CT molecular complexity index is 639. The largest absolute Gasteiger partial charge is 0.439 e. The van der Waals surface area contributed by atoms with Crippen LogP contribution in [0, 0.1) is 18.7 Å². The topological polar surface area (TPSA) is 66.9 Å². The molecule has 0 spiro atoms. The van der Waals surface area contributed by atoms with Gasteiger partial charge in [0.2, 0.25) is 0 Å². The van der Waals surface area contributed by atoms with Gasteiger partial charge in [-0.2, -0.15) is 0 Å². The van der Waals surface area contributed by atoms with Crippen LogP contribution in [0.25, 0.3) is 0 Å². The first kappa shape index (κ1) is 14.5. The molecule has 22 heavy (non-hydrogen) atoms. The molecule has 0 radical (unpaired) electrons. The third kappa shape index (κ3) is 2.54. The van der Waals surface area contributed by atoms with Gasteiger partial charge in [-0.3, -0.25) is 9.59 Å². The fourth-order valence-electron chi connectivity index (χ4n) is 2.58. The second-order valence-electron chi connectivity index (χ2n) is 5.60. The molecule has 0 aromatic heterocycles. The lowest BCUT2D eigenvalue weighted by Crippen LogP contribution is -2.54.